The molecule has 0 spiro atoms. The minimum absolute atomic E-state index is 0. The molecule has 6 nitrogen and oxygen atoms in total. The van der Waals surface area contributed by atoms with Crippen LogP contribution in [0, 0.1) is 0 Å². The predicted octanol–water partition coefficient (Wildman–Crippen LogP) is 2.80. The second kappa shape index (κ2) is 11.4. The summed E-state index contributed by atoms with van der Waals surface area (Å²) >= 11 is 0. The summed E-state index contributed by atoms with van der Waals surface area (Å²) in [6.45, 7) is 2.22. The number of methoxy groups -OCH3 is 1. The number of aliphatic imine (C=N–C) groups is 1. The molecule has 0 aromatic heterocycles. The van der Waals surface area contributed by atoms with Gasteiger partial charge in [0.2, 0.25) is 0 Å². The molecule has 1 saturated heterocycles. The first-order valence-electron chi connectivity index (χ1n) is 8.43. The molecular weight excluding hydrogens is 457 g/mol. The average molecular weight is 484 g/mol. The van der Waals surface area contributed by atoms with Crippen molar-refractivity contribution in [2.75, 3.05) is 26.7 Å². The van der Waals surface area contributed by atoms with Crippen LogP contribution in [-0.4, -0.2) is 50.3 Å². The van der Waals surface area contributed by atoms with Crippen molar-refractivity contribution >= 4 is 29.9 Å². The van der Waals surface area contributed by atoms with Crippen molar-refractivity contribution in [1.82, 2.24) is 10.2 Å². The SMILES string of the molecule is CCN1CCCC1CNC(N)=NCc1cc(OC)ccc1OC(F)F.I. The number of nitrogens with one attached hydrogen (secondary N) is 1. The summed E-state index contributed by atoms with van der Waals surface area (Å²) in [5, 5.41) is 3.11. The summed E-state index contributed by atoms with van der Waals surface area (Å²) in [4.78, 5) is 6.63. The quantitative estimate of drug-likeness (QED) is 0.338. The number of nitrogens with zero attached hydrogens (tertiary/aromatic N) is 2. The first-order chi connectivity index (χ1) is 12.0. The molecule has 2 rings (SSSR count). The first kappa shape index (κ1) is 22.7. The number of hydrogen-bond donors (Lipinski definition) is 2. The fraction of sp³-hybridized carbons (Fsp3) is 0.588. The molecule has 148 valence electrons. The second-order valence-electron chi connectivity index (χ2n) is 5.86. The van der Waals surface area contributed by atoms with Gasteiger partial charge in [-0.1, -0.05) is 6.92 Å². The van der Waals surface area contributed by atoms with Gasteiger partial charge in [0.1, 0.15) is 11.5 Å². The number of ether oxygens (including phenoxy) is 2. The lowest BCUT2D eigenvalue weighted by Crippen LogP contribution is -2.42. The van der Waals surface area contributed by atoms with Gasteiger partial charge in [-0.3, -0.25) is 4.90 Å². The molecule has 0 bridgehead atoms. The highest BCUT2D eigenvalue weighted by molar-refractivity contribution is 14.0. The highest BCUT2D eigenvalue weighted by atomic mass is 127. The zero-order chi connectivity index (χ0) is 18.2. The number of guanidine groups is 1. The second-order valence-corrected chi connectivity index (χ2v) is 5.86. The third-order valence-electron chi connectivity index (χ3n) is 4.33. The maximum atomic E-state index is 12.5. The van der Waals surface area contributed by atoms with E-state index in [0.29, 0.717) is 17.4 Å². The molecule has 1 fully saturated rings. The van der Waals surface area contributed by atoms with Crippen LogP contribution in [-0.2, 0) is 6.54 Å². The van der Waals surface area contributed by atoms with Crippen molar-refractivity contribution in [3.05, 3.63) is 23.8 Å². The minimum atomic E-state index is -2.89. The van der Waals surface area contributed by atoms with Crippen molar-refractivity contribution < 1.29 is 18.3 Å². The van der Waals surface area contributed by atoms with E-state index >= 15 is 0 Å². The Morgan fingerprint density at radius 1 is 1.46 bits per heavy atom. The third kappa shape index (κ3) is 6.75. The summed E-state index contributed by atoms with van der Waals surface area (Å²) in [7, 11) is 1.51. The summed E-state index contributed by atoms with van der Waals surface area (Å²) in [6, 6.07) is 5.07. The van der Waals surface area contributed by atoms with E-state index in [2.05, 4.69) is 26.9 Å². The number of benzene rings is 1. The van der Waals surface area contributed by atoms with Crippen molar-refractivity contribution in [2.24, 2.45) is 10.7 Å². The van der Waals surface area contributed by atoms with Crippen molar-refractivity contribution in [3.8, 4) is 11.5 Å². The molecule has 1 aromatic rings. The number of rotatable bonds is 8. The van der Waals surface area contributed by atoms with E-state index in [1.807, 2.05) is 0 Å². The Bertz CT molecular complexity index is 590. The standard InChI is InChI=1S/C17H26F2N4O2.HI/c1-3-23-8-4-5-13(23)11-22-17(20)21-10-12-9-14(24-2)6-7-15(12)25-16(18)19;/h6-7,9,13,16H,3-5,8,10-11H2,1-2H3,(H3,20,21,22);1H. The Hall–Kier alpha value is -1.36. The number of likely N-dealkylation sites (N-methyl/N-ethyl adjacent to an activating group) is 1. The molecule has 9 heteroatoms. The van der Waals surface area contributed by atoms with E-state index in [1.165, 1.54) is 19.6 Å². The van der Waals surface area contributed by atoms with Gasteiger partial charge in [-0.05, 0) is 44.1 Å². The zero-order valence-electron chi connectivity index (χ0n) is 15.1. The average Bonchev–Trinajstić information content (AvgIpc) is 3.06. The van der Waals surface area contributed by atoms with Gasteiger partial charge in [0.25, 0.3) is 0 Å². The van der Waals surface area contributed by atoms with Gasteiger partial charge in [0, 0.05) is 18.2 Å². The van der Waals surface area contributed by atoms with E-state index in [-0.39, 0.29) is 42.2 Å². The van der Waals surface area contributed by atoms with E-state index < -0.39 is 6.61 Å². The Morgan fingerprint density at radius 2 is 2.23 bits per heavy atom. The number of likely N-dealkylation sites (tertiary alicyclic amines) is 1. The fourth-order valence-corrected chi connectivity index (χ4v) is 3.01. The molecule has 3 N–H and O–H groups in total. The Labute approximate surface area is 170 Å². The Morgan fingerprint density at radius 3 is 2.88 bits per heavy atom. The molecule has 1 aliphatic heterocycles. The van der Waals surface area contributed by atoms with Gasteiger partial charge in [-0.25, -0.2) is 4.99 Å². The Balaban J connectivity index is 0.00000338. The van der Waals surface area contributed by atoms with Crippen LogP contribution in [0.1, 0.15) is 25.3 Å². The number of nitrogens with two attached hydrogens (primary N) is 1. The first-order valence-corrected chi connectivity index (χ1v) is 8.43. The Kier molecular flexibility index (Phi) is 9.92. The van der Waals surface area contributed by atoms with Gasteiger partial charge in [-0.15, -0.1) is 24.0 Å². The molecule has 1 atom stereocenters. The highest BCUT2D eigenvalue weighted by Crippen LogP contribution is 2.26. The molecule has 1 aromatic carbocycles. The maximum absolute atomic E-state index is 12.5. The van der Waals surface area contributed by atoms with Gasteiger partial charge in [0.05, 0.1) is 13.7 Å². The predicted molar refractivity (Wildman–Crippen MR) is 109 cm³/mol. The van der Waals surface area contributed by atoms with E-state index in [9.17, 15) is 8.78 Å². The van der Waals surface area contributed by atoms with Crippen molar-refractivity contribution in [3.63, 3.8) is 0 Å². The molecular formula is C17H27F2IN4O2. The summed E-state index contributed by atoms with van der Waals surface area (Å²) in [5.41, 5.74) is 6.40. The monoisotopic (exact) mass is 484 g/mol. The number of alkyl halides is 2. The largest absolute Gasteiger partial charge is 0.497 e. The summed E-state index contributed by atoms with van der Waals surface area (Å²) in [6.07, 6.45) is 2.33. The maximum Gasteiger partial charge on any atom is 0.387 e. The molecule has 0 aliphatic carbocycles. The van der Waals surface area contributed by atoms with Gasteiger partial charge >= 0.3 is 6.61 Å². The number of halogens is 3. The van der Waals surface area contributed by atoms with Crippen molar-refractivity contribution in [1.29, 1.82) is 0 Å². The van der Waals surface area contributed by atoms with Crippen LogP contribution in [0.15, 0.2) is 23.2 Å². The van der Waals surface area contributed by atoms with Crippen LogP contribution in [0.2, 0.25) is 0 Å². The molecule has 0 saturated carbocycles. The van der Waals surface area contributed by atoms with Crippen molar-refractivity contribution in [2.45, 2.75) is 39.0 Å². The third-order valence-corrected chi connectivity index (χ3v) is 4.33. The molecule has 0 amide bonds. The zero-order valence-corrected chi connectivity index (χ0v) is 17.4. The fourth-order valence-electron chi connectivity index (χ4n) is 3.01. The van der Waals surface area contributed by atoms with Crippen LogP contribution in [0.5, 0.6) is 11.5 Å². The van der Waals surface area contributed by atoms with Crippen LogP contribution in [0.25, 0.3) is 0 Å². The van der Waals surface area contributed by atoms with Gasteiger partial charge in [0.15, 0.2) is 5.96 Å². The van der Waals surface area contributed by atoms with Crippen LogP contribution < -0.4 is 20.5 Å². The number of hydrogen-bond acceptors (Lipinski definition) is 4. The van der Waals surface area contributed by atoms with Gasteiger partial charge in [-0.2, -0.15) is 8.78 Å². The lowest BCUT2D eigenvalue weighted by atomic mass is 10.2. The lowest BCUT2D eigenvalue weighted by molar-refractivity contribution is -0.0504. The smallest absolute Gasteiger partial charge is 0.387 e. The minimum Gasteiger partial charge on any atom is -0.497 e. The summed E-state index contributed by atoms with van der Waals surface area (Å²) < 4.78 is 34.7. The highest BCUT2D eigenvalue weighted by Gasteiger charge is 2.22. The normalized spacial score (nSPS) is 17.9. The van der Waals surface area contributed by atoms with Crippen LogP contribution >= 0.6 is 24.0 Å². The summed E-state index contributed by atoms with van der Waals surface area (Å²) in [5.74, 6) is 0.900. The molecule has 0 radical (unpaired) electrons. The van der Waals surface area contributed by atoms with Crippen LogP contribution in [0.4, 0.5) is 8.78 Å². The molecule has 1 unspecified atom stereocenters. The van der Waals surface area contributed by atoms with Gasteiger partial charge < -0.3 is 20.5 Å². The van der Waals surface area contributed by atoms with E-state index in [0.717, 1.165) is 26.1 Å². The van der Waals surface area contributed by atoms with Crippen LogP contribution in [0.3, 0.4) is 0 Å². The lowest BCUT2D eigenvalue weighted by Gasteiger charge is -2.23. The van der Waals surface area contributed by atoms with E-state index in [4.69, 9.17) is 10.5 Å². The topological polar surface area (TPSA) is 72.1 Å². The molecule has 26 heavy (non-hydrogen) atoms. The van der Waals surface area contributed by atoms with E-state index in [1.54, 1.807) is 12.1 Å². The molecule has 1 heterocycles. The molecule has 1 aliphatic rings.